The average molecular weight is 274 g/mol. The van der Waals surface area contributed by atoms with E-state index in [2.05, 4.69) is 17.2 Å². The van der Waals surface area contributed by atoms with Gasteiger partial charge in [0.2, 0.25) is 0 Å². The van der Waals surface area contributed by atoms with E-state index in [-0.39, 0.29) is 11.9 Å². The smallest absolute Gasteiger partial charge is 0.141 e. The van der Waals surface area contributed by atoms with Crippen LogP contribution >= 0.6 is 0 Å². The molecule has 0 saturated heterocycles. The van der Waals surface area contributed by atoms with Crippen molar-refractivity contribution in [3.05, 3.63) is 59.7 Å². The zero-order chi connectivity index (χ0) is 14.4. The zero-order valence-electron chi connectivity index (χ0n) is 11.8. The maximum Gasteiger partial charge on any atom is 0.141 e. The van der Waals surface area contributed by atoms with E-state index in [4.69, 9.17) is 4.74 Å². The minimum Gasteiger partial charge on any atom is -0.494 e. The van der Waals surface area contributed by atoms with Crippen molar-refractivity contribution in [3.63, 3.8) is 0 Å². The first-order chi connectivity index (χ1) is 9.74. The molecule has 0 fully saturated rings. The van der Waals surface area contributed by atoms with Crippen molar-refractivity contribution in [2.24, 2.45) is 0 Å². The Kier molecular flexibility index (Phi) is 5.07. The summed E-state index contributed by atoms with van der Waals surface area (Å²) in [5.41, 5.74) is 1.85. The molecule has 0 aliphatic carbocycles. The first-order valence-corrected chi connectivity index (χ1v) is 6.75. The molecule has 3 nitrogen and oxygen atoms in total. The van der Waals surface area contributed by atoms with Gasteiger partial charge in [-0.2, -0.15) is 0 Å². The van der Waals surface area contributed by atoms with Gasteiger partial charge in [-0.15, -0.1) is 0 Å². The van der Waals surface area contributed by atoms with Crippen LogP contribution in [0.15, 0.2) is 42.7 Å². The molecule has 2 rings (SSSR count). The largest absolute Gasteiger partial charge is 0.494 e. The number of nitrogens with one attached hydrogen (secondary N) is 1. The van der Waals surface area contributed by atoms with Crippen LogP contribution in [0.3, 0.4) is 0 Å². The van der Waals surface area contributed by atoms with Gasteiger partial charge in [0.05, 0.1) is 18.8 Å². The van der Waals surface area contributed by atoms with Gasteiger partial charge in [0, 0.05) is 6.20 Å². The highest BCUT2D eigenvalue weighted by Gasteiger charge is 2.13. The molecule has 1 aromatic heterocycles. The van der Waals surface area contributed by atoms with Gasteiger partial charge in [0.25, 0.3) is 0 Å². The number of ether oxygens (including phenoxy) is 1. The summed E-state index contributed by atoms with van der Waals surface area (Å²) >= 11 is 0. The molecule has 4 heteroatoms. The summed E-state index contributed by atoms with van der Waals surface area (Å²) in [5.74, 6) is 0.522. The molecule has 106 valence electrons. The predicted molar refractivity (Wildman–Crippen MR) is 77.3 cm³/mol. The molecule has 1 unspecified atom stereocenters. The van der Waals surface area contributed by atoms with Crippen LogP contribution in [0.4, 0.5) is 4.39 Å². The van der Waals surface area contributed by atoms with Crippen LogP contribution in [0, 0.1) is 5.82 Å². The molecule has 1 atom stereocenters. The summed E-state index contributed by atoms with van der Waals surface area (Å²) in [4.78, 5) is 3.90. The Morgan fingerprint density at radius 1 is 1.20 bits per heavy atom. The number of hydrogen-bond acceptors (Lipinski definition) is 3. The Morgan fingerprint density at radius 3 is 2.55 bits per heavy atom. The van der Waals surface area contributed by atoms with Gasteiger partial charge < -0.3 is 10.1 Å². The van der Waals surface area contributed by atoms with Crippen molar-refractivity contribution in [1.82, 2.24) is 10.3 Å². The van der Waals surface area contributed by atoms with E-state index in [0.717, 1.165) is 23.3 Å². The molecular weight excluding hydrogens is 255 g/mol. The molecule has 1 N–H and O–H groups in total. The fraction of sp³-hybridized carbons (Fsp3) is 0.312. The predicted octanol–water partition coefficient (Wildman–Crippen LogP) is 3.32. The van der Waals surface area contributed by atoms with E-state index in [0.29, 0.717) is 6.61 Å². The molecule has 2 aromatic rings. The third-order valence-corrected chi connectivity index (χ3v) is 3.03. The first-order valence-electron chi connectivity index (χ1n) is 6.75. The van der Waals surface area contributed by atoms with Crippen LogP contribution in [0.1, 0.15) is 30.5 Å². The van der Waals surface area contributed by atoms with Crippen molar-refractivity contribution < 1.29 is 9.13 Å². The van der Waals surface area contributed by atoms with Crippen LogP contribution in [-0.4, -0.2) is 18.6 Å². The number of pyridine rings is 1. The lowest BCUT2D eigenvalue weighted by atomic mass is 10.0. The van der Waals surface area contributed by atoms with Gasteiger partial charge in [0.1, 0.15) is 11.6 Å². The second kappa shape index (κ2) is 7.01. The summed E-state index contributed by atoms with van der Waals surface area (Å²) in [6.45, 7) is 2.78. The van der Waals surface area contributed by atoms with Crippen LogP contribution in [0.25, 0.3) is 0 Å². The summed E-state index contributed by atoms with van der Waals surface area (Å²) in [7, 11) is 1.84. The molecule has 0 bridgehead atoms. The highest BCUT2D eigenvalue weighted by Crippen LogP contribution is 2.23. The van der Waals surface area contributed by atoms with E-state index < -0.39 is 0 Å². The molecule has 0 aliphatic heterocycles. The standard InChI is InChI=1S/C16H19FN2O/c1-3-8-20-15-6-4-12(5-7-15)16(18-2)13-9-14(17)11-19-10-13/h4-7,9-11,16,18H,3,8H2,1-2H3. The zero-order valence-corrected chi connectivity index (χ0v) is 11.8. The summed E-state index contributed by atoms with van der Waals surface area (Å²) < 4.78 is 18.8. The second-order valence-electron chi connectivity index (χ2n) is 4.58. The Labute approximate surface area is 118 Å². The lowest BCUT2D eigenvalue weighted by Crippen LogP contribution is -2.18. The van der Waals surface area contributed by atoms with E-state index >= 15 is 0 Å². The quantitative estimate of drug-likeness (QED) is 0.877. The number of rotatable bonds is 6. The van der Waals surface area contributed by atoms with Crippen LogP contribution in [-0.2, 0) is 0 Å². The molecule has 0 spiro atoms. The van der Waals surface area contributed by atoms with Crippen molar-refractivity contribution in [3.8, 4) is 5.75 Å². The topological polar surface area (TPSA) is 34.1 Å². The van der Waals surface area contributed by atoms with E-state index in [1.807, 2.05) is 31.3 Å². The van der Waals surface area contributed by atoms with Gasteiger partial charge in [-0.05, 0) is 42.8 Å². The third-order valence-electron chi connectivity index (χ3n) is 3.03. The van der Waals surface area contributed by atoms with Gasteiger partial charge >= 0.3 is 0 Å². The van der Waals surface area contributed by atoms with Crippen LogP contribution in [0.5, 0.6) is 5.75 Å². The van der Waals surface area contributed by atoms with Gasteiger partial charge in [0.15, 0.2) is 0 Å². The van der Waals surface area contributed by atoms with Crippen molar-refractivity contribution >= 4 is 0 Å². The minimum atomic E-state index is -0.328. The number of nitrogens with zero attached hydrogens (tertiary/aromatic N) is 1. The SMILES string of the molecule is CCCOc1ccc(C(NC)c2cncc(F)c2)cc1. The minimum absolute atomic E-state index is 0.0848. The van der Waals surface area contributed by atoms with Crippen LogP contribution in [0.2, 0.25) is 0 Å². The molecule has 20 heavy (non-hydrogen) atoms. The number of halogens is 1. The fourth-order valence-corrected chi connectivity index (χ4v) is 2.09. The summed E-state index contributed by atoms with van der Waals surface area (Å²) in [6, 6.07) is 9.24. The molecule has 0 aliphatic rings. The molecule has 0 saturated carbocycles. The monoisotopic (exact) mass is 274 g/mol. The number of hydrogen-bond donors (Lipinski definition) is 1. The van der Waals surface area contributed by atoms with Gasteiger partial charge in [-0.1, -0.05) is 19.1 Å². The Hall–Kier alpha value is -1.94. The summed E-state index contributed by atoms with van der Waals surface area (Å²) in [5, 5.41) is 3.18. The molecule has 1 aromatic carbocycles. The summed E-state index contributed by atoms with van der Waals surface area (Å²) in [6.07, 6.45) is 3.86. The highest BCUT2D eigenvalue weighted by molar-refractivity contribution is 5.34. The Balaban J connectivity index is 2.19. The first kappa shape index (κ1) is 14.5. The molecule has 1 heterocycles. The van der Waals surface area contributed by atoms with Crippen molar-refractivity contribution in [2.75, 3.05) is 13.7 Å². The maximum atomic E-state index is 13.3. The Bertz CT molecular complexity index is 542. The van der Waals surface area contributed by atoms with E-state index in [1.165, 1.54) is 12.3 Å². The van der Waals surface area contributed by atoms with Gasteiger partial charge in [-0.25, -0.2) is 4.39 Å². The molecule has 0 amide bonds. The lowest BCUT2D eigenvalue weighted by molar-refractivity contribution is 0.317. The highest BCUT2D eigenvalue weighted by atomic mass is 19.1. The normalized spacial score (nSPS) is 12.2. The second-order valence-corrected chi connectivity index (χ2v) is 4.58. The molecule has 0 radical (unpaired) electrons. The lowest BCUT2D eigenvalue weighted by Gasteiger charge is -2.17. The average Bonchev–Trinajstić information content (AvgIpc) is 2.47. The van der Waals surface area contributed by atoms with Crippen molar-refractivity contribution in [2.45, 2.75) is 19.4 Å². The maximum absolute atomic E-state index is 13.3. The third kappa shape index (κ3) is 3.54. The Morgan fingerprint density at radius 2 is 1.95 bits per heavy atom. The number of benzene rings is 1. The molecular formula is C16H19FN2O. The van der Waals surface area contributed by atoms with Crippen LogP contribution < -0.4 is 10.1 Å². The number of aromatic nitrogens is 1. The van der Waals surface area contributed by atoms with E-state index in [9.17, 15) is 4.39 Å². The van der Waals surface area contributed by atoms with E-state index in [1.54, 1.807) is 6.20 Å². The fourth-order valence-electron chi connectivity index (χ4n) is 2.09. The van der Waals surface area contributed by atoms with Crippen molar-refractivity contribution in [1.29, 1.82) is 0 Å². The van der Waals surface area contributed by atoms with Gasteiger partial charge in [-0.3, -0.25) is 4.98 Å².